The van der Waals surface area contributed by atoms with E-state index in [1.54, 1.807) is 11.3 Å². The molecule has 0 saturated heterocycles. The van der Waals surface area contributed by atoms with Crippen LogP contribution in [0, 0.1) is 0 Å². The van der Waals surface area contributed by atoms with Crippen LogP contribution in [-0.2, 0) is 13.1 Å². The van der Waals surface area contributed by atoms with E-state index in [0.29, 0.717) is 0 Å². The zero-order valence-electron chi connectivity index (χ0n) is 9.69. The van der Waals surface area contributed by atoms with Crippen LogP contribution in [0.1, 0.15) is 11.1 Å². The van der Waals surface area contributed by atoms with E-state index < -0.39 is 0 Å². The maximum atomic E-state index is 5.73. The molecule has 0 aliphatic rings. The van der Waals surface area contributed by atoms with E-state index in [0.717, 1.165) is 23.2 Å². The van der Waals surface area contributed by atoms with Gasteiger partial charge in [0.15, 0.2) is 0 Å². The first kappa shape index (κ1) is 12.6. The first-order valence-corrected chi connectivity index (χ1v) is 7.12. The number of nitrogens with zero attached hydrogens (tertiary/aromatic N) is 1. The van der Waals surface area contributed by atoms with E-state index in [9.17, 15) is 0 Å². The molecule has 2 aromatic rings. The van der Waals surface area contributed by atoms with E-state index in [-0.39, 0.29) is 0 Å². The molecule has 4 heteroatoms. The van der Waals surface area contributed by atoms with Crippen LogP contribution in [0.3, 0.4) is 0 Å². The van der Waals surface area contributed by atoms with Crippen molar-refractivity contribution in [2.45, 2.75) is 13.1 Å². The third kappa shape index (κ3) is 3.56. The van der Waals surface area contributed by atoms with Crippen molar-refractivity contribution < 1.29 is 0 Å². The number of nitrogens with two attached hydrogens (primary N) is 1. The lowest BCUT2D eigenvalue weighted by atomic mass is 10.2. The maximum absolute atomic E-state index is 5.73. The molecule has 0 amide bonds. The summed E-state index contributed by atoms with van der Waals surface area (Å²) < 4.78 is 1.08. The van der Waals surface area contributed by atoms with Crippen molar-refractivity contribution in [2.24, 2.45) is 0 Å². The fourth-order valence-electron chi connectivity index (χ4n) is 1.73. The first-order chi connectivity index (χ1) is 8.15. The molecule has 1 aromatic heterocycles. The standard InChI is InChI=1S/C13H15BrN2S/c1-16(7-10-4-5-17-9-10)8-11-2-3-12(15)6-13(11)14/h2-6,9H,7-8,15H2,1H3. The predicted molar refractivity (Wildman–Crippen MR) is 78.0 cm³/mol. The molecular weight excluding hydrogens is 296 g/mol. The molecule has 0 spiro atoms. The largest absolute Gasteiger partial charge is 0.399 e. The monoisotopic (exact) mass is 310 g/mol. The molecule has 0 aliphatic carbocycles. The van der Waals surface area contributed by atoms with Gasteiger partial charge in [0.2, 0.25) is 0 Å². The molecule has 0 bridgehead atoms. The number of thiophene rings is 1. The van der Waals surface area contributed by atoms with Gasteiger partial charge >= 0.3 is 0 Å². The van der Waals surface area contributed by atoms with Gasteiger partial charge < -0.3 is 5.73 Å². The summed E-state index contributed by atoms with van der Waals surface area (Å²) in [7, 11) is 2.13. The minimum atomic E-state index is 0.793. The molecule has 17 heavy (non-hydrogen) atoms. The minimum absolute atomic E-state index is 0.793. The van der Waals surface area contributed by atoms with Crippen LogP contribution in [0.15, 0.2) is 39.5 Å². The van der Waals surface area contributed by atoms with Gasteiger partial charge in [-0.3, -0.25) is 4.90 Å². The van der Waals surface area contributed by atoms with Crippen molar-refractivity contribution in [1.29, 1.82) is 0 Å². The van der Waals surface area contributed by atoms with Gasteiger partial charge in [-0.05, 0) is 47.1 Å². The lowest BCUT2D eigenvalue weighted by molar-refractivity contribution is 0.319. The third-order valence-electron chi connectivity index (χ3n) is 2.55. The number of rotatable bonds is 4. The number of benzene rings is 1. The van der Waals surface area contributed by atoms with Crippen LogP contribution in [0.4, 0.5) is 5.69 Å². The van der Waals surface area contributed by atoms with E-state index >= 15 is 0 Å². The quantitative estimate of drug-likeness (QED) is 0.872. The van der Waals surface area contributed by atoms with Crippen LogP contribution in [0.2, 0.25) is 0 Å². The lowest BCUT2D eigenvalue weighted by Gasteiger charge is -2.17. The highest BCUT2D eigenvalue weighted by molar-refractivity contribution is 9.10. The minimum Gasteiger partial charge on any atom is -0.399 e. The van der Waals surface area contributed by atoms with E-state index in [1.807, 2.05) is 12.1 Å². The molecule has 2 N–H and O–H groups in total. The highest BCUT2D eigenvalue weighted by Gasteiger charge is 2.05. The van der Waals surface area contributed by atoms with Crippen molar-refractivity contribution >= 4 is 33.0 Å². The summed E-state index contributed by atoms with van der Waals surface area (Å²) in [6.07, 6.45) is 0. The summed E-state index contributed by atoms with van der Waals surface area (Å²) in [5.74, 6) is 0. The molecule has 90 valence electrons. The summed E-state index contributed by atoms with van der Waals surface area (Å²) in [6.45, 7) is 1.89. The normalized spacial score (nSPS) is 11.0. The molecule has 1 heterocycles. The second kappa shape index (κ2) is 5.67. The zero-order chi connectivity index (χ0) is 12.3. The van der Waals surface area contributed by atoms with Gasteiger partial charge in [-0.2, -0.15) is 11.3 Å². The molecule has 0 unspecified atom stereocenters. The van der Waals surface area contributed by atoms with Crippen LogP contribution < -0.4 is 5.73 Å². The maximum Gasteiger partial charge on any atom is 0.0325 e. The Labute approximate surface area is 114 Å². The Kier molecular flexibility index (Phi) is 4.20. The zero-order valence-corrected chi connectivity index (χ0v) is 12.1. The van der Waals surface area contributed by atoms with Crippen molar-refractivity contribution in [1.82, 2.24) is 4.90 Å². The number of nitrogen functional groups attached to an aromatic ring is 1. The van der Waals surface area contributed by atoms with Crippen molar-refractivity contribution in [3.63, 3.8) is 0 Å². The average molecular weight is 311 g/mol. The van der Waals surface area contributed by atoms with Crippen molar-refractivity contribution in [2.75, 3.05) is 12.8 Å². The van der Waals surface area contributed by atoms with E-state index in [2.05, 4.69) is 50.8 Å². The van der Waals surface area contributed by atoms with Gasteiger partial charge in [0.1, 0.15) is 0 Å². The van der Waals surface area contributed by atoms with Crippen LogP contribution in [0.25, 0.3) is 0 Å². The molecular formula is C13H15BrN2S. The van der Waals surface area contributed by atoms with Gasteiger partial charge in [0, 0.05) is 23.2 Å². The Balaban J connectivity index is 2.00. The Bertz CT molecular complexity index is 482. The molecule has 0 atom stereocenters. The summed E-state index contributed by atoms with van der Waals surface area (Å²) in [4.78, 5) is 2.29. The number of halogens is 1. The van der Waals surface area contributed by atoms with Crippen molar-refractivity contribution in [3.8, 4) is 0 Å². The van der Waals surface area contributed by atoms with Crippen LogP contribution >= 0.6 is 27.3 Å². The van der Waals surface area contributed by atoms with Gasteiger partial charge in [0.25, 0.3) is 0 Å². The van der Waals surface area contributed by atoms with E-state index in [4.69, 9.17) is 5.73 Å². The Morgan fingerprint density at radius 1 is 1.29 bits per heavy atom. The number of anilines is 1. The van der Waals surface area contributed by atoms with Gasteiger partial charge in [-0.25, -0.2) is 0 Å². The second-order valence-corrected chi connectivity index (χ2v) is 5.79. The highest BCUT2D eigenvalue weighted by atomic mass is 79.9. The predicted octanol–water partition coefficient (Wildman–Crippen LogP) is 3.72. The summed E-state index contributed by atoms with van der Waals surface area (Å²) in [6, 6.07) is 8.13. The molecule has 0 aliphatic heterocycles. The number of hydrogen-bond donors (Lipinski definition) is 1. The van der Waals surface area contributed by atoms with Gasteiger partial charge in [0.05, 0.1) is 0 Å². The van der Waals surface area contributed by atoms with Crippen LogP contribution in [-0.4, -0.2) is 11.9 Å². The highest BCUT2D eigenvalue weighted by Crippen LogP contribution is 2.21. The Hall–Kier alpha value is -0.840. The molecule has 0 saturated carbocycles. The fraction of sp³-hybridized carbons (Fsp3) is 0.231. The van der Waals surface area contributed by atoms with Crippen LogP contribution in [0.5, 0.6) is 0 Å². The number of hydrogen-bond acceptors (Lipinski definition) is 3. The average Bonchev–Trinajstić information content (AvgIpc) is 2.75. The van der Waals surface area contributed by atoms with Gasteiger partial charge in [-0.15, -0.1) is 0 Å². The molecule has 2 nitrogen and oxygen atoms in total. The molecule has 0 fully saturated rings. The second-order valence-electron chi connectivity index (χ2n) is 4.15. The first-order valence-electron chi connectivity index (χ1n) is 5.38. The fourth-order valence-corrected chi connectivity index (χ4v) is 2.91. The van der Waals surface area contributed by atoms with Crippen molar-refractivity contribution in [3.05, 3.63) is 50.6 Å². The Morgan fingerprint density at radius 2 is 2.12 bits per heavy atom. The lowest BCUT2D eigenvalue weighted by Crippen LogP contribution is -2.17. The molecule has 0 radical (unpaired) electrons. The summed E-state index contributed by atoms with van der Waals surface area (Å²) in [5.41, 5.74) is 9.14. The Morgan fingerprint density at radius 3 is 2.76 bits per heavy atom. The van der Waals surface area contributed by atoms with E-state index in [1.165, 1.54) is 11.1 Å². The third-order valence-corrected chi connectivity index (χ3v) is 4.02. The van der Waals surface area contributed by atoms with Gasteiger partial charge in [-0.1, -0.05) is 22.0 Å². The summed E-state index contributed by atoms with van der Waals surface area (Å²) in [5, 5.41) is 4.30. The SMILES string of the molecule is CN(Cc1ccsc1)Cc1ccc(N)cc1Br. The summed E-state index contributed by atoms with van der Waals surface area (Å²) >= 11 is 5.29. The molecule has 1 aromatic carbocycles. The topological polar surface area (TPSA) is 29.3 Å². The smallest absolute Gasteiger partial charge is 0.0325 e. The molecule has 2 rings (SSSR count).